The van der Waals surface area contributed by atoms with Crippen molar-refractivity contribution >= 4 is 22.6 Å². The molecule has 0 unspecified atom stereocenters. The maximum atomic E-state index is 14.7. The number of hydrogen-bond donors (Lipinski definition) is 1. The van der Waals surface area contributed by atoms with Crippen LogP contribution in [0.3, 0.4) is 0 Å². The number of rotatable bonds is 4. The SMILES string of the molecule is Cc1cc2cc(C(=O)N(Cc3ccc(C(F)(F)F)cn3)[C@@H]3CCOC[C@H]3F)ccc2nc1N. The van der Waals surface area contributed by atoms with Crippen LogP contribution in [0.5, 0.6) is 0 Å². The Balaban J connectivity index is 1.67. The lowest BCUT2D eigenvalue weighted by Gasteiger charge is -2.36. The van der Waals surface area contributed by atoms with Gasteiger partial charge in [-0.25, -0.2) is 9.37 Å². The van der Waals surface area contributed by atoms with E-state index in [0.717, 1.165) is 11.6 Å². The smallest absolute Gasteiger partial charge is 0.383 e. The quantitative estimate of drug-likeness (QED) is 0.585. The van der Waals surface area contributed by atoms with Crippen molar-refractivity contribution in [2.45, 2.75) is 38.3 Å². The number of alkyl halides is 4. The van der Waals surface area contributed by atoms with Crippen LogP contribution in [0.25, 0.3) is 10.9 Å². The van der Waals surface area contributed by atoms with E-state index in [1.54, 1.807) is 25.1 Å². The van der Waals surface area contributed by atoms with Crippen molar-refractivity contribution in [2.24, 2.45) is 0 Å². The standard InChI is InChI=1S/C23H22F4N4O2/c1-13-8-15-9-14(2-5-19(15)30-21(13)28)22(32)31(20-6-7-33-12-18(20)24)11-17-4-3-16(10-29-17)23(25,26)27/h2-5,8-10,18,20H,6-7,11-12H2,1H3,(H2,28,30)/t18-,20-/m1/s1. The van der Waals surface area contributed by atoms with Gasteiger partial charge in [0.05, 0.1) is 36.0 Å². The molecule has 0 aliphatic carbocycles. The second kappa shape index (κ2) is 8.93. The third-order valence-corrected chi connectivity index (χ3v) is 5.69. The lowest BCUT2D eigenvalue weighted by Crippen LogP contribution is -2.49. The topological polar surface area (TPSA) is 81.3 Å². The molecule has 1 aromatic carbocycles. The predicted octanol–water partition coefficient (Wildman–Crippen LogP) is 4.31. The number of aromatic nitrogens is 2. The van der Waals surface area contributed by atoms with E-state index in [0.29, 0.717) is 28.5 Å². The van der Waals surface area contributed by atoms with Crippen molar-refractivity contribution in [2.75, 3.05) is 18.9 Å². The van der Waals surface area contributed by atoms with Crippen molar-refractivity contribution in [3.63, 3.8) is 0 Å². The highest BCUT2D eigenvalue weighted by Gasteiger charge is 2.35. The number of nitrogens with zero attached hydrogens (tertiary/aromatic N) is 3. The van der Waals surface area contributed by atoms with Gasteiger partial charge in [-0.05, 0) is 55.3 Å². The Morgan fingerprint density at radius 3 is 2.70 bits per heavy atom. The summed E-state index contributed by atoms with van der Waals surface area (Å²) in [7, 11) is 0. The molecular weight excluding hydrogens is 440 g/mol. The third-order valence-electron chi connectivity index (χ3n) is 5.69. The zero-order chi connectivity index (χ0) is 23.8. The minimum absolute atomic E-state index is 0.140. The van der Waals surface area contributed by atoms with Crippen molar-refractivity contribution in [3.8, 4) is 0 Å². The summed E-state index contributed by atoms with van der Waals surface area (Å²) in [6, 6.07) is 8.00. The summed E-state index contributed by atoms with van der Waals surface area (Å²) in [6.07, 6.45) is -4.98. The van der Waals surface area contributed by atoms with Crippen molar-refractivity contribution < 1.29 is 27.1 Å². The maximum Gasteiger partial charge on any atom is 0.417 e. The van der Waals surface area contributed by atoms with Gasteiger partial charge in [0.1, 0.15) is 12.0 Å². The molecule has 1 aliphatic rings. The molecule has 174 valence electrons. The van der Waals surface area contributed by atoms with Gasteiger partial charge in [-0.2, -0.15) is 13.2 Å². The minimum Gasteiger partial charge on any atom is -0.383 e. The Bertz CT molecular complexity index is 1170. The number of hydrogen-bond acceptors (Lipinski definition) is 5. The van der Waals surface area contributed by atoms with Gasteiger partial charge in [0.2, 0.25) is 0 Å². The van der Waals surface area contributed by atoms with Gasteiger partial charge >= 0.3 is 6.18 Å². The second-order valence-electron chi connectivity index (χ2n) is 8.01. The number of benzene rings is 1. The first-order valence-corrected chi connectivity index (χ1v) is 10.4. The molecule has 0 saturated carbocycles. The summed E-state index contributed by atoms with van der Waals surface area (Å²) in [4.78, 5) is 23.0. The zero-order valence-electron chi connectivity index (χ0n) is 17.8. The summed E-state index contributed by atoms with van der Waals surface area (Å²) in [6.45, 7) is 1.78. The second-order valence-corrected chi connectivity index (χ2v) is 8.01. The van der Waals surface area contributed by atoms with Crippen LogP contribution in [0.15, 0.2) is 42.6 Å². The van der Waals surface area contributed by atoms with Gasteiger partial charge in [-0.3, -0.25) is 9.78 Å². The number of amides is 1. The van der Waals surface area contributed by atoms with E-state index in [4.69, 9.17) is 10.5 Å². The van der Waals surface area contributed by atoms with Crippen molar-refractivity contribution in [3.05, 3.63) is 65.0 Å². The van der Waals surface area contributed by atoms with Gasteiger partial charge in [-0.15, -0.1) is 0 Å². The molecule has 2 aromatic heterocycles. The summed E-state index contributed by atoms with van der Waals surface area (Å²) in [5.74, 6) is -0.0679. The number of aryl methyl sites for hydroxylation is 1. The van der Waals surface area contributed by atoms with E-state index in [1.165, 1.54) is 11.0 Å². The van der Waals surface area contributed by atoms with E-state index in [-0.39, 0.29) is 31.9 Å². The molecule has 33 heavy (non-hydrogen) atoms. The van der Waals surface area contributed by atoms with Crippen LogP contribution >= 0.6 is 0 Å². The Hall–Kier alpha value is -3.27. The number of ether oxygens (including phenoxy) is 1. The number of nitrogens with two attached hydrogens (primary N) is 1. The number of anilines is 1. The van der Waals surface area contributed by atoms with Crippen LogP contribution in [0.2, 0.25) is 0 Å². The molecule has 1 saturated heterocycles. The summed E-state index contributed by atoms with van der Waals surface area (Å²) >= 11 is 0. The molecule has 2 N–H and O–H groups in total. The third kappa shape index (κ3) is 4.90. The Labute approximate surface area is 187 Å². The normalized spacial score (nSPS) is 18.9. The van der Waals surface area contributed by atoms with Crippen LogP contribution in [-0.4, -0.2) is 46.2 Å². The molecule has 10 heteroatoms. The molecule has 3 heterocycles. The predicted molar refractivity (Wildman–Crippen MR) is 114 cm³/mol. The number of carbonyl (C=O) groups excluding carboxylic acids is 1. The molecule has 0 spiro atoms. The molecule has 3 aromatic rings. The lowest BCUT2D eigenvalue weighted by atomic mass is 10.0. The number of fused-ring (bicyclic) bond motifs is 1. The van der Waals surface area contributed by atoms with Crippen LogP contribution in [0.4, 0.5) is 23.4 Å². The largest absolute Gasteiger partial charge is 0.417 e. The first kappa shape index (κ1) is 22.9. The van der Waals surface area contributed by atoms with Gasteiger partial charge in [-0.1, -0.05) is 0 Å². The molecule has 4 rings (SSSR count). The fraction of sp³-hybridized carbons (Fsp3) is 0.348. The number of pyridine rings is 2. The van der Waals surface area contributed by atoms with Crippen LogP contribution in [0, 0.1) is 6.92 Å². The van der Waals surface area contributed by atoms with Gasteiger partial charge in [0, 0.05) is 23.8 Å². The summed E-state index contributed by atoms with van der Waals surface area (Å²) < 4.78 is 58.5. The minimum atomic E-state index is -4.52. The van der Waals surface area contributed by atoms with E-state index < -0.39 is 29.9 Å². The summed E-state index contributed by atoms with van der Waals surface area (Å²) in [5, 5.41) is 0.698. The molecule has 6 nitrogen and oxygen atoms in total. The molecule has 0 radical (unpaired) electrons. The fourth-order valence-corrected chi connectivity index (χ4v) is 3.84. The van der Waals surface area contributed by atoms with Crippen molar-refractivity contribution in [1.29, 1.82) is 0 Å². The summed E-state index contributed by atoms with van der Waals surface area (Å²) in [5.41, 5.74) is 6.85. The highest BCUT2D eigenvalue weighted by Crippen LogP contribution is 2.29. The highest BCUT2D eigenvalue weighted by atomic mass is 19.4. The molecular formula is C23H22F4N4O2. The number of carbonyl (C=O) groups is 1. The zero-order valence-corrected chi connectivity index (χ0v) is 17.8. The van der Waals surface area contributed by atoms with Crippen molar-refractivity contribution in [1.82, 2.24) is 14.9 Å². The Morgan fingerprint density at radius 2 is 2.03 bits per heavy atom. The van der Waals surface area contributed by atoms with E-state index in [9.17, 15) is 22.4 Å². The van der Waals surface area contributed by atoms with E-state index in [2.05, 4.69) is 9.97 Å². The van der Waals surface area contributed by atoms with E-state index in [1.807, 2.05) is 6.07 Å². The lowest BCUT2D eigenvalue weighted by molar-refractivity contribution is -0.137. The average Bonchev–Trinajstić information content (AvgIpc) is 2.78. The van der Waals surface area contributed by atoms with Gasteiger partial charge in [0.25, 0.3) is 5.91 Å². The van der Waals surface area contributed by atoms with E-state index >= 15 is 0 Å². The number of halogens is 4. The molecule has 1 amide bonds. The van der Waals surface area contributed by atoms with Crippen LogP contribution in [-0.2, 0) is 17.5 Å². The average molecular weight is 462 g/mol. The Morgan fingerprint density at radius 1 is 1.24 bits per heavy atom. The van der Waals surface area contributed by atoms with Gasteiger partial charge in [0.15, 0.2) is 0 Å². The monoisotopic (exact) mass is 462 g/mol. The fourth-order valence-electron chi connectivity index (χ4n) is 3.84. The number of nitrogen functional groups attached to an aromatic ring is 1. The van der Waals surface area contributed by atoms with Crippen LogP contribution < -0.4 is 5.73 Å². The van der Waals surface area contributed by atoms with Gasteiger partial charge < -0.3 is 15.4 Å². The Kier molecular flexibility index (Phi) is 6.20. The first-order chi connectivity index (χ1) is 15.6. The highest BCUT2D eigenvalue weighted by molar-refractivity contribution is 5.98. The first-order valence-electron chi connectivity index (χ1n) is 10.4. The molecule has 2 atom stereocenters. The molecule has 1 aliphatic heterocycles. The molecule has 0 bridgehead atoms. The van der Waals surface area contributed by atoms with Crippen LogP contribution in [0.1, 0.15) is 33.6 Å². The molecule has 1 fully saturated rings. The maximum absolute atomic E-state index is 14.7.